The molecule has 1 fully saturated rings. The Morgan fingerprint density at radius 2 is 1.95 bits per heavy atom. The molecule has 1 aliphatic rings. The predicted octanol–water partition coefficient (Wildman–Crippen LogP) is 3.19. The maximum atomic E-state index is 12.3. The van der Waals surface area contributed by atoms with Gasteiger partial charge < -0.3 is 5.11 Å². The van der Waals surface area contributed by atoms with E-state index in [9.17, 15) is 8.42 Å². The van der Waals surface area contributed by atoms with Crippen molar-refractivity contribution in [1.29, 1.82) is 0 Å². The van der Waals surface area contributed by atoms with E-state index >= 15 is 0 Å². The molecule has 0 radical (unpaired) electrons. The number of hydrogen-bond donors (Lipinski definition) is 2. The second kappa shape index (κ2) is 7.72. The Labute approximate surface area is 135 Å². The molecule has 0 aliphatic heterocycles. The van der Waals surface area contributed by atoms with Crippen molar-refractivity contribution in [2.45, 2.75) is 50.0 Å². The lowest BCUT2D eigenvalue weighted by Gasteiger charge is -2.21. The molecule has 0 heterocycles. The summed E-state index contributed by atoms with van der Waals surface area (Å²) < 4.78 is 27.7. The summed E-state index contributed by atoms with van der Waals surface area (Å²) in [6, 6.07) is 4.79. The summed E-state index contributed by atoms with van der Waals surface area (Å²) in [5.74, 6) is 0.654. The minimum Gasteiger partial charge on any atom is -0.392 e. The van der Waals surface area contributed by atoms with E-state index in [0.29, 0.717) is 22.5 Å². The van der Waals surface area contributed by atoms with Crippen LogP contribution in [-0.4, -0.2) is 20.1 Å². The Morgan fingerprint density at radius 1 is 1.24 bits per heavy atom. The van der Waals surface area contributed by atoms with Gasteiger partial charge in [-0.15, -0.1) is 0 Å². The van der Waals surface area contributed by atoms with E-state index in [-0.39, 0.29) is 11.5 Å². The number of aliphatic hydroxyl groups is 1. The van der Waals surface area contributed by atoms with Gasteiger partial charge in [0.2, 0.25) is 10.0 Å². The molecule has 0 spiro atoms. The van der Waals surface area contributed by atoms with Crippen LogP contribution in [0.5, 0.6) is 0 Å². The fourth-order valence-electron chi connectivity index (χ4n) is 2.81. The van der Waals surface area contributed by atoms with E-state index in [4.69, 9.17) is 5.11 Å². The quantitative estimate of drug-likeness (QED) is 0.801. The largest absolute Gasteiger partial charge is 0.392 e. The number of sulfonamides is 1. The van der Waals surface area contributed by atoms with Crippen LogP contribution < -0.4 is 4.72 Å². The molecule has 1 saturated carbocycles. The molecule has 4 nitrogen and oxygen atoms in total. The van der Waals surface area contributed by atoms with Gasteiger partial charge in [-0.3, -0.25) is 0 Å². The van der Waals surface area contributed by atoms with Gasteiger partial charge in [-0.1, -0.05) is 38.2 Å². The molecular weight excluding hydrogens is 354 g/mol. The van der Waals surface area contributed by atoms with E-state index in [1.165, 1.54) is 38.2 Å². The molecule has 1 aromatic carbocycles. The third-order valence-electron chi connectivity index (χ3n) is 4.04. The van der Waals surface area contributed by atoms with E-state index in [0.717, 1.165) is 6.42 Å². The van der Waals surface area contributed by atoms with E-state index in [1.54, 1.807) is 12.1 Å². The average molecular weight is 376 g/mol. The lowest BCUT2D eigenvalue weighted by Crippen LogP contribution is -2.27. The number of halogens is 1. The maximum Gasteiger partial charge on any atom is 0.241 e. The smallest absolute Gasteiger partial charge is 0.241 e. The Morgan fingerprint density at radius 3 is 2.57 bits per heavy atom. The highest BCUT2D eigenvalue weighted by atomic mass is 79.9. The van der Waals surface area contributed by atoms with Crippen molar-refractivity contribution in [3.05, 3.63) is 28.2 Å². The van der Waals surface area contributed by atoms with Gasteiger partial charge in [-0.05, 0) is 46.0 Å². The molecule has 1 aliphatic carbocycles. The first-order chi connectivity index (χ1) is 10.0. The summed E-state index contributed by atoms with van der Waals surface area (Å²) in [6.07, 6.45) is 7.20. The zero-order chi connectivity index (χ0) is 15.3. The van der Waals surface area contributed by atoms with Crippen LogP contribution in [0.4, 0.5) is 0 Å². The van der Waals surface area contributed by atoms with E-state index in [2.05, 4.69) is 20.7 Å². The first-order valence-electron chi connectivity index (χ1n) is 7.42. The van der Waals surface area contributed by atoms with Gasteiger partial charge in [0.25, 0.3) is 0 Å². The number of nitrogens with one attached hydrogen (secondary N) is 1. The van der Waals surface area contributed by atoms with Crippen LogP contribution >= 0.6 is 15.9 Å². The lowest BCUT2D eigenvalue weighted by molar-refractivity contribution is 0.281. The van der Waals surface area contributed by atoms with Gasteiger partial charge >= 0.3 is 0 Å². The Balaban J connectivity index is 1.94. The van der Waals surface area contributed by atoms with Crippen molar-refractivity contribution in [2.75, 3.05) is 6.54 Å². The molecule has 0 aromatic heterocycles. The minimum absolute atomic E-state index is 0.103. The van der Waals surface area contributed by atoms with E-state index < -0.39 is 10.0 Å². The standard InChI is InChI=1S/C15H22BrNO3S/c16-14-10-13(11-18)6-7-15(14)21(19,20)17-9-8-12-4-2-1-3-5-12/h6-7,10,12,17-18H,1-5,8-9,11H2. The van der Waals surface area contributed by atoms with E-state index in [1.807, 2.05) is 0 Å². The van der Waals surface area contributed by atoms with Crippen LogP contribution in [0.1, 0.15) is 44.1 Å². The minimum atomic E-state index is -3.50. The van der Waals surface area contributed by atoms with Crippen molar-refractivity contribution < 1.29 is 13.5 Å². The molecule has 2 rings (SSSR count). The molecule has 0 atom stereocenters. The van der Waals surface area contributed by atoms with Crippen LogP contribution in [0.2, 0.25) is 0 Å². The van der Waals surface area contributed by atoms with Crippen molar-refractivity contribution in [3.8, 4) is 0 Å². The zero-order valence-electron chi connectivity index (χ0n) is 12.0. The average Bonchev–Trinajstić information content (AvgIpc) is 2.47. The predicted molar refractivity (Wildman–Crippen MR) is 86.4 cm³/mol. The Hall–Kier alpha value is -0.430. The molecule has 0 saturated heterocycles. The molecule has 6 heteroatoms. The van der Waals surface area contributed by atoms with Gasteiger partial charge in [0.15, 0.2) is 0 Å². The summed E-state index contributed by atoms with van der Waals surface area (Å²) in [5.41, 5.74) is 0.683. The monoisotopic (exact) mass is 375 g/mol. The highest BCUT2D eigenvalue weighted by Gasteiger charge is 2.19. The number of rotatable bonds is 6. The Bertz CT molecular complexity index is 568. The molecule has 2 N–H and O–H groups in total. The van der Waals surface area contributed by atoms with Gasteiger partial charge in [-0.25, -0.2) is 13.1 Å². The van der Waals surface area contributed by atoms with Crippen LogP contribution in [-0.2, 0) is 16.6 Å². The maximum absolute atomic E-state index is 12.3. The molecule has 21 heavy (non-hydrogen) atoms. The highest BCUT2D eigenvalue weighted by Crippen LogP contribution is 2.26. The third kappa shape index (κ3) is 4.77. The number of hydrogen-bond acceptors (Lipinski definition) is 3. The van der Waals surface area contributed by atoms with Gasteiger partial charge in [-0.2, -0.15) is 0 Å². The zero-order valence-corrected chi connectivity index (χ0v) is 14.4. The second-order valence-electron chi connectivity index (χ2n) is 5.61. The Kier molecular flexibility index (Phi) is 6.22. The summed E-state index contributed by atoms with van der Waals surface area (Å²) in [4.78, 5) is 0.225. The van der Waals surface area contributed by atoms with Crippen molar-refractivity contribution >= 4 is 26.0 Å². The van der Waals surface area contributed by atoms with Crippen LogP contribution in [0.15, 0.2) is 27.6 Å². The molecule has 118 valence electrons. The first kappa shape index (κ1) is 16.9. The van der Waals surface area contributed by atoms with Crippen molar-refractivity contribution in [3.63, 3.8) is 0 Å². The van der Waals surface area contributed by atoms with Gasteiger partial charge in [0, 0.05) is 11.0 Å². The molecule has 0 unspecified atom stereocenters. The summed E-state index contributed by atoms with van der Waals surface area (Å²) in [6.45, 7) is 0.384. The number of benzene rings is 1. The molecular formula is C15H22BrNO3S. The highest BCUT2D eigenvalue weighted by molar-refractivity contribution is 9.10. The lowest BCUT2D eigenvalue weighted by atomic mass is 9.87. The van der Waals surface area contributed by atoms with Crippen LogP contribution in [0, 0.1) is 5.92 Å². The third-order valence-corrected chi connectivity index (χ3v) is 6.48. The SMILES string of the molecule is O=S(=O)(NCCC1CCCCC1)c1ccc(CO)cc1Br. The summed E-state index contributed by atoms with van der Waals surface area (Å²) >= 11 is 3.26. The van der Waals surface area contributed by atoms with Crippen molar-refractivity contribution in [2.24, 2.45) is 5.92 Å². The molecule has 0 amide bonds. The van der Waals surface area contributed by atoms with Crippen molar-refractivity contribution in [1.82, 2.24) is 4.72 Å². The van der Waals surface area contributed by atoms with Crippen LogP contribution in [0.25, 0.3) is 0 Å². The topological polar surface area (TPSA) is 66.4 Å². The first-order valence-corrected chi connectivity index (χ1v) is 9.69. The van der Waals surface area contributed by atoms with Crippen LogP contribution in [0.3, 0.4) is 0 Å². The van der Waals surface area contributed by atoms with Gasteiger partial charge in [0.05, 0.1) is 11.5 Å². The fourth-order valence-corrected chi connectivity index (χ4v) is 4.98. The summed E-state index contributed by atoms with van der Waals surface area (Å²) in [7, 11) is -3.50. The normalized spacial score (nSPS) is 17.0. The molecule has 0 bridgehead atoms. The summed E-state index contributed by atoms with van der Waals surface area (Å²) in [5, 5.41) is 9.06. The number of aliphatic hydroxyl groups excluding tert-OH is 1. The fraction of sp³-hybridized carbons (Fsp3) is 0.600. The van der Waals surface area contributed by atoms with Gasteiger partial charge in [0.1, 0.15) is 0 Å². The molecule has 1 aromatic rings. The second-order valence-corrected chi connectivity index (χ2v) is 8.20.